The molecule has 4 aromatic heterocycles. The fourth-order valence-electron chi connectivity index (χ4n) is 5.22. The Morgan fingerprint density at radius 3 is 2.64 bits per heavy atom. The van der Waals surface area contributed by atoms with E-state index < -0.39 is 10.0 Å². The van der Waals surface area contributed by atoms with Gasteiger partial charge in [-0.05, 0) is 43.8 Å². The van der Waals surface area contributed by atoms with Crippen molar-refractivity contribution in [2.75, 3.05) is 43.9 Å². The summed E-state index contributed by atoms with van der Waals surface area (Å²) in [4.78, 5) is 26.7. The molecular weight excluding hydrogens is 596 g/mol. The molecule has 234 valence electrons. The van der Waals surface area contributed by atoms with Gasteiger partial charge in [0.2, 0.25) is 10.0 Å². The van der Waals surface area contributed by atoms with Crippen LogP contribution >= 0.6 is 0 Å². The van der Waals surface area contributed by atoms with Crippen LogP contribution in [0.1, 0.15) is 27.6 Å². The highest BCUT2D eigenvalue weighted by molar-refractivity contribution is 7.89. The number of amides is 1. The maximum Gasteiger partial charge on any atom is 0.278 e. The molecule has 1 saturated heterocycles. The zero-order valence-electron chi connectivity index (χ0n) is 24.9. The molecular formula is C30H34N10O4S. The van der Waals surface area contributed by atoms with Crippen molar-refractivity contribution in [2.24, 2.45) is 5.14 Å². The largest absolute Gasteiger partial charge is 0.461 e. The lowest BCUT2D eigenvalue weighted by atomic mass is 10.1. The number of aromatic nitrogens is 5. The average molecular weight is 631 g/mol. The number of benzene rings is 1. The lowest BCUT2D eigenvalue weighted by molar-refractivity contribution is 0.102. The molecule has 14 nitrogen and oxygen atoms in total. The number of hydrogen-bond donors (Lipinski definition) is 4. The third-order valence-electron chi connectivity index (χ3n) is 7.66. The number of furan rings is 1. The second-order valence-corrected chi connectivity index (χ2v) is 12.5. The number of fused-ring (bicyclic) bond motifs is 1. The minimum atomic E-state index is -3.86. The SMILES string of the molecule is Cc1oc(/C=C/Cn2ccc3c(Nc4c[nH]nc4C(=O)Nc4ccc(CN5CCN(C)CC5)cc4)ncnc32)cc1S(N)(=O)=O. The number of nitrogens with one attached hydrogen (secondary N) is 3. The van der Waals surface area contributed by atoms with E-state index in [-0.39, 0.29) is 22.3 Å². The Labute approximate surface area is 260 Å². The highest BCUT2D eigenvalue weighted by atomic mass is 32.2. The Bertz CT molecular complexity index is 1950. The maximum atomic E-state index is 13.2. The van der Waals surface area contributed by atoms with E-state index in [4.69, 9.17) is 9.56 Å². The van der Waals surface area contributed by atoms with Crippen molar-refractivity contribution in [3.8, 4) is 0 Å². The Kier molecular flexibility index (Phi) is 8.49. The van der Waals surface area contributed by atoms with Crippen LogP contribution < -0.4 is 15.8 Å². The van der Waals surface area contributed by atoms with Gasteiger partial charge in [0.05, 0.1) is 11.1 Å². The van der Waals surface area contributed by atoms with Crippen LogP contribution in [0.3, 0.4) is 0 Å². The molecule has 0 unspecified atom stereocenters. The highest BCUT2D eigenvalue weighted by Crippen LogP contribution is 2.26. The molecule has 1 aromatic carbocycles. The summed E-state index contributed by atoms with van der Waals surface area (Å²) in [5, 5.41) is 19.0. The van der Waals surface area contributed by atoms with Crippen molar-refractivity contribution in [3.63, 3.8) is 0 Å². The first-order valence-electron chi connectivity index (χ1n) is 14.4. The van der Waals surface area contributed by atoms with Crippen LogP contribution in [0.2, 0.25) is 0 Å². The first-order chi connectivity index (χ1) is 21.6. The van der Waals surface area contributed by atoms with E-state index in [1.807, 2.05) is 47.2 Å². The number of aromatic amines is 1. The molecule has 15 heteroatoms. The molecule has 0 aliphatic carbocycles. The summed E-state index contributed by atoms with van der Waals surface area (Å²) >= 11 is 0. The number of carbonyl (C=O) groups is 1. The molecule has 1 aliphatic heterocycles. The molecule has 45 heavy (non-hydrogen) atoms. The van der Waals surface area contributed by atoms with Crippen molar-refractivity contribution < 1.29 is 17.6 Å². The molecule has 1 fully saturated rings. The van der Waals surface area contributed by atoms with Gasteiger partial charge in [0, 0.05) is 63.4 Å². The molecule has 0 saturated carbocycles. The average Bonchev–Trinajstić information content (AvgIpc) is 3.74. The van der Waals surface area contributed by atoms with Gasteiger partial charge in [0.1, 0.15) is 34.2 Å². The van der Waals surface area contributed by atoms with Crippen molar-refractivity contribution in [3.05, 3.63) is 84.0 Å². The molecule has 0 radical (unpaired) electrons. The van der Waals surface area contributed by atoms with E-state index in [2.05, 4.69) is 47.6 Å². The molecule has 1 aliphatic rings. The van der Waals surface area contributed by atoms with Gasteiger partial charge in [-0.2, -0.15) is 5.10 Å². The smallest absolute Gasteiger partial charge is 0.278 e. The zero-order chi connectivity index (χ0) is 31.6. The van der Waals surface area contributed by atoms with Crippen molar-refractivity contribution in [1.82, 2.24) is 34.5 Å². The molecule has 1 amide bonds. The standard InChI is InChI=1S/C30H34N10O4S/c1-20-26(45(31,42)43)16-23(44-20)4-3-10-40-11-9-24-28(32-19-33-29(24)40)36-25-17-34-37-27(25)30(41)35-22-7-5-21(6-8-22)18-39-14-12-38(2)13-15-39/h3-9,11,16-17,19H,10,12-15,18H2,1-2H3,(H,34,37)(H,35,41)(H2,31,42,43)(H,32,33,36)/b4-3+. The number of likely N-dealkylation sites (N-methyl/N-ethyl adjacent to an activating group) is 1. The maximum absolute atomic E-state index is 13.2. The number of piperazine rings is 1. The summed E-state index contributed by atoms with van der Waals surface area (Å²) < 4.78 is 30.7. The summed E-state index contributed by atoms with van der Waals surface area (Å²) in [5.74, 6) is 0.745. The summed E-state index contributed by atoms with van der Waals surface area (Å²) in [7, 11) is -1.72. The number of nitrogens with zero attached hydrogens (tertiary/aromatic N) is 6. The van der Waals surface area contributed by atoms with Gasteiger partial charge in [-0.3, -0.25) is 14.8 Å². The second kappa shape index (κ2) is 12.6. The lowest BCUT2D eigenvalue weighted by Crippen LogP contribution is -2.43. The van der Waals surface area contributed by atoms with E-state index in [0.717, 1.165) is 38.1 Å². The minimum Gasteiger partial charge on any atom is -0.461 e. The quantitative estimate of drug-likeness (QED) is 0.179. The minimum absolute atomic E-state index is 0.0426. The van der Waals surface area contributed by atoms with Crippen molar-refractivity contribution >= 4 is 50.2 Å². The Hall–Kier alpha value is -4.83. The third-order valence-corrected chi connectivity index (χ3v) is 8.68. The molecule has 6 rings (SSSR count). The van der Waals surface area contributed by atoms with Crippen molar-refractivity contribution in [2.45, 2.75) is 24.9 Å². The van der Waals surface area contributed by atoms with Gasteiger partial charge in [-0.15, -0.1) is 0 Å². The number of aryl methyl sites for hydroxylation is 1. The zero-order valence-corrected chi connectivity index (χ0v) is 25.7. The number of H-pyrrole nitrogens is 1. The number of rotatable bonds is 10. The van der Waals surface area contributed by atoms with Crippen LogP contribution in [0.4, 0.5) is 17.2 Å². The predicted molar refractivity (Wildman–Crippen MR) is 170 cm³/mol. The summed E-state index contributed by atoms with van der Waals surface area (Å²) in [6, 6.07) is 11.1. The van der Waals surface area contributed by atoms with E-state index >= 15 is 0 Å². The molecule has 5 N–H and O–H groups in total. The predicted octanol–water partition coefficient (Wildman–Crippen LogP) is 3.16. The van der Waals surface area contributed by atoms with Crippen LogP contribution in [0.25, 0.3) is 17.1 Å². The monoisotopic (exact) mass is 630 g/mol. The van der Waals surface area contributed by atoms with E-state index in [0.29, 0.717) is 35.1 Å². The number of carbonyl (C=O) groups excluding carboxylic acids is 1. The Morgan fingerprint density at radius 1 is 1.13 bits per heavy atom. The van der Waals surface area contributed by atoms with Gasteiger partial charge >= 0.3 is 0 Å². The molecule has 0 spiro atoms. The van der Waals surface area contributed by atoms with Crippen LogP contribution in [0, 0.1) is 6.92 Å². The van der Waals surface area contributed by atoms with Crippen LogP contribution in [0.5, 0.6) is 0 Å². The summed E-state index contributed by atoms with van der Waals surface area (Å²) in [6.45, 7) is 7.08. The number of primary sulfonamides is 1. The first-order valence-corrected chi connectivity index (χ1v) is 15.9. The summed E-state index contributed by atoms with van der Waals surface area (Å²) in [6.07, 6.45) is 8.38. The molecule has 5 heterocycles. The number of sulfonamides is 1. The Balaban J connectivity index is 1.10. The Morgan fingerprint density at radius 2 is 1.91 bits per heavy atom. The normalized spacial score (nSPS) is 14.8. The van der Waals surface area contributed by atoms with E-state index in [1.165, 1.54) is 18.0 Å². The van der Waals surface area contributed by atoms with Gasteiger partial charge < -0.3 is 24.5 Å². The van der Waals surface area contributed by atoms with E-state index in [9.17, 15) is 13.2 Å². The second-order valence-electron chi connectivity index (χ2n) is 10.9. The number of anilines is 3. The third kappa shape index (κ3) is 6.96. The highest BCUT2D eigenvalue weighted by Gasteiger charge is 2.19. The number of allylic oxidation sites excluding steroid dienone is 1. The fourth-order valence-corrected chi connectivity index (χ4v) is 5.94. The van der Waals surface area contributed by atoms with Gasteiger partial charge in [0.15, 0.2) is 5.69 Å². The van der Waals surface area contributed by atoms with Crippen LogP contribution in [-0.2, 0) is 23.1 Å². The lowest BCUT2D eigenvalue weighted by Gasteiger charge is -2.32. The number of hydrogen-bond acceptors (Lipinski definition) is 10. The van der Waals surface area contributed by atoms with Crippen molar-refractivity contribution in [1.29, 1.82) is 0 Å². The molecule has 0 atom stereocenters. The van der Waals surface area contributed by atoms with Gasteiger partial charge in [-0.1, -0.05) is 18.2 Å². The van der Waals surface area contributed by atoms with Gasteiger partial charge in [0.25, 0.3) is 5.91 Å². The van der Waals surface area contributed by atoms with E-state index in [1.54, 1.807) is 19.2 Å². The topological polar surface area (TPSA) is 180 Å². The first kappa shape index (κ1) is 30.2. The van der Waals surface area contributed by atoms with Crippen LogP contribution in [0.15, 0.2) is 70.5 Å². The molecule has 5 aromatic rings. The molecule has 0 bridgehead atoms. The van der Waals surface area contributed by atoms with Gasteiger partial charge in [-0.25, -0.2) is 23.5 Å². The fraction of sp³-hybridized carbons (Fsp3) is 0.267. The summed E-state index contributed by atoms with van der Waals surface area (Å²) in [5.41, 5.74) is 3.19. The number of nitrogens with two attached hydrogens (primary N) is 1. The van der Waals surface area contributed by atoms with Crippen LogP contribution in [-0.4, -0.2) is 82.1 Å².